The highest BCUT2D eigenvalue weighted by Gasteiger charge is 2.11. The minimum absolute atomic E-state index is 0.123. The molecule has 0 aliphatic heterocycles. The van der Waals surface area contributed by atoms with Crippen molar-refractivity contribution in [1.82, 2.24) is 0 Å². The maximum Gasteiger partial charge on any atom is 0.141 e. The highest BCUT2D eigenvalue weighted by molar-refractivity contribution is 9.10. The molecule has 2 aromatic carbocycles. The quantitative estimate of drug-likeness (QED) is 0.793. The Morgan fingerprint density at radius 2 is 1.85 bits per heavy atom. The molecule has 0 aliphatic carbocycles. The molecule has 104 valence electrons. The van der Waals surface area contributed by atoms with Crippen molar-refractivity contribution in [3.63, 3.8) is 0 Å². The van der Waals surface area contributed by atoms with E-state index in [2.05, 4.69) is 15.9 Å². The maximum atomic E-state index is 12.2. The second-order valence-corrected chi connectivity index (χ2v) is 5.73. The summed E-state index contributed by atoms with van der Waals surface area (Å²) in [4.78, 5) is 12.2. The molecule has 0 heterocycles. The Morgan fingerprint density at radius 3 is 2.55 bits per heavy atom. The van der Waals surface area contributed by atoms with Crippen LogP contribution < -0.4 is 4.74 Å². The van der Waals surface area contributed by atoms with Crippen LogP contribution in [0.25, 0.3) is 0 Å². The Morgan fingerprint density at radius 1 is 1.15 bits per heavy atom. The molecule has 0 bridgehead atoms. The minimum Gasteiger partial charge on any atom is -0.496 e. The zero-order valence-corrected chi connectivity index (χ0v) is 13.4. The molecule has 2 aromatic rings. The van der Waals surface area contributed by atoms with Gasteiger partial charge in [0, 0.05) is 27.9 Å². The molecule has 0 unspecified atom stereocenters. The predicted octanol–water partition coefficient (Wildman–Crippen LogP) is 4.47. The molecule has 0 atom stereocenters. The second-order valence-electron chi connectivity index (χ2n) is 4.44. The van der Waals surface area contributed by atoms with E-state index in [4.69, 9.17) is 16.3 Å². The first-order valence-electron chi connectivity index (χ1n) is 6.17. The number of carbonyl (C=O) groups is 1. The monoisotopic (exact) mass is 352 g/mol. The zero-order valence-electron chi connectivity index (χ0n) is 11.0. The van der Waals surface area contributed by atoms with Crippen molar-refractivity contribution in [3.8, 4) is 5.75 Å². The van der Waals surface area contributed by atoms with Gasteiger partial charge in [-0.15, -0.1) is 0 Å². The molecule has 0 spiro atoms. The number of ketones is 1. The largest absolute Gasteiger partial charge is 0.496 e. The average molecular weight is 354 g/mol. The molecule has 2 nitrogen and oxygen atoms in total. The normalized spacial score (nSPS) is 10.3. The zero-order chi connectivity index (χ0) is 14.5. The Kier molecular flexibility index (Phi) is 5.21. The summed E-state index contributed by atoms with van der Waals surface area (Å²) in [5.74, 6) is 0.812. The number of methoxy groups -OCH3 is 1. The number of hydrogen-bond donors (Lipinski definition) is 0. The van der Waals surface area contributed by atoms with Crippen LogP contribution in [-0.2, 0) is 17.6 Å². The summed E-state index contributed by atoms with van der Waals surface area (Å²) in [5, 5.41) is 0.606. The standard InChI is InChI=1S/C16H14BrClO2/c1-20-16-7-6-13(18)8-12(16)10-14(19)9-11-4-2-3-5-15(11)17/h2-8H,9-10H2,1H3. The fourth-order valence-electron chi connectivity index (χ4n) is 2.01. The second kappa shape index (κ2) is 6.91. The van der Waals surface area contributed by atoms with Gasteiger partial charge in [-0.05, 0) is 29.8 Å². The van der Waals surface area contributed by atoms with Gasteiger partial charge in [-0.3, -0.25) is 4.79 Å². The van der Waals surface area contributed by atoms with E-state index in [1.807, 2.05) is 24.3 Å². The van der Waals surface area contributed by atoms with Gasteiger partial charge in [-0.2, -0.15) is 0 Å². The van der Waals surface area contributed by atoms with Gasteiger partial charge in [0.2, 0.25) is 0 Å². The molecule has 2 rings (SSSR count). The molecular formula is C16H14BrClO2. The van der Waals surface area contributed by atoms with E-state index in [1.165, 1.54) is 0 Å². The predicted molar refractivity (Wildman–Crippen MR) is 84.6 cm³/mol. The molecule has 20 heavy (non-hydrogen) atoms. The van der Waals surface area contributed by atoms with Crippen molar-refractivity contribution < 1.29 is 9.53 Å². The average Bonchev–Trinajstić information content (AvgIpc) is 2.41. The van der Waals surface area contributed by atoms with Crippen LogP contribution in [0.5, 0.6) is 5.75 Å². The summed E-state index contributed by atoms with van der Waals surface area (Å²) < 4.78 is 6.21. The van der Waals surface area contributed by atoms with Gasteiger partial charge in [-0.25, -0.2) is 0 Å². The number of rotatable bonds is 5. The molecule has 0 fully saturated rings. The fraction of sp³-hybridized carbons (Fsp3) is 0.188. The molecule has 0 saturated carbocycles. The van der Waals surface area contributed by atoms with Crippen LogP contribution in [0, 0.1) is 0 Å². The SMILES string of the molecule is COc1ccc(Cl)cc1CC(=O)Cc1ccccc1Br. The summed E-state index contributed by atoms with van der Waals surface area (Å²) in [6.45, 7) is 0. The van der Waals surface area contributed by atoms with E-state index in [1.54, 1.807) is 25.3 Å². The Labute approximate surface area is 131 Å². The molecule has 0 saturated heterocycles. The number of hydrogen-bond acceptors (Lipinski definition) is 2. The third-order valence-electron chi connectivity index (χ3n) is 2.98. The molecule has 0 amide bonds. The van der Waals surface area contributed by atoms with Crippen LogP contribution in [0.15, 0.2) is 46.9 Å². The van der Waals surface area contributed by atoms with Crippen molar-refractivity contribution >= 4 is 33.3 Å². The number of Topliss-reactive ketones (excluding diaryl/α,β-unsaturated/α-hetero) is 1. The van der Waals surface area contributed by atoms with E-state index >= 15 is 0 Å². The van der Waals surface area contributed by atoms with Crippen molar-refractivity contribution in [2.75, 3.05) is 7.11 Å². The third-order valence-corrected chi connectivity index (χ3v) is 3.98. The summed E-state index contributed by atoms with van der Waals surface area (Å²) in [6, 6.07) is 13.0. The van der Waals surface area contributed by atoms with E-state index in [0.29, 0.717) is 23.6 Å². The molecule has 0 N–H and O–H groups in total. The first-order chi connectivity index (χ1) is 9.60. The Bertz CT molecular complexity index is 626. The van der Waals surface area contributed by atoms with E-state index in [-0.39, 0.29) is 5.78 Å². The van der Waals surface area contributed by atoms with Crippen LogP contribution in [0.1, 0.15) is 11.1 Å². The highest BCUT2D eigenvalue weighted by atomic mass is 79.9. The van der Waals surface area contributed by atoms with Crippen LogP contribution in [0.4, 0.5) is 0 Å². The number of ether oxygens (including phenoxy) is 1. The van der Waals surface area contributed by atoms with Gasteiger partial charge >= 0.3 is 0 Å². The Hall–Kier alpha value is -1.32. The lowest BCUT2D eigenvalue weighted by atomic mass is 10.0. The smallest absolute Gasteiger partial charge is 0.141 e. The fourth-order valence-corrected chi connectivity index (χ4v) is 2.63. The van der Waals surface area contributed by atoms with Crippen LogP contribution in [0.3, 0.4) is 0 Å². The lowest BCUT2D eigenvalue weighted by Crippen LogP contribution is -2.08. The highest BCUT2D eigenvalue weighted by Crippen LogP contribution is 2.24. The van der Waals surface area contributed by atoms with Gasteiger partial charge < -0.3 is 4.74 Å². The van der Waals surface area contributed by atoms with Crippen LogP contribution in [-0.4, -0.2) is 12.9 Å². The molecule has 4 heteroatoms. The first kappa shape index (κ1) is 15.1. The lowest BCUT2D eigenvalue weighted by molar-refractivity contribution is -0.117. The lowest BCUT2D eigenvalue weighted by Gasteiger charge is -2.09. The van der Waals surface area contributed by atoms with Crippen LogP contribution >= 0.6 is 27.5 Å². The molecule has 0 aliphatic rings. The van der Waals surface area contributed by atoms with Crippen LogP contribution in [0.2, 0.25) is 5.02 Å². The topological polar surface area (TPSA) is 26.3 Å². The molecule has 0 aromatic heterocycles. The summed E-state index contributed by atoms with van der Waals surface area (Å²) in [5.41, 5.74) is 1.80. The summed E-state index contributed by atoms with van der Waals surface area (Å²) in [7, 11) is 1.59. The Balaban J connectivity index is 2.12. The summed E-state index contributed by atoms with van der Waals surface area (Å²) in [6.07, 6.45) is 0.697. The summed E-state index contributed by atoms with van der Waals surface area (Å²) >= 11 is 9.42. The number of carbonyl (C=O) groups excluding carboxylic acids is 1. The van der Waals surface area contributed by atoms with Gasteiger partial charge in [0.1, 0.15) is 11.5 Å². The van der Waals surface area contributed by atoms with Gasteiger partial charge in [0.15, 0.2) is 0 Å². The molecule has 0 radical (unpaired) electrons. The molecular weight excluding hydrogens is 340 g/mol. The number of halogens is 2. The maximum absolute atomic E-state index is 12.2. The van der Waals surface area contributed by atoms with Crippen molar-refractivity contribution in [2.24, 2.45) is 0 Å². The van der Waals surface area contributed by atoms with E-state index in [9.17, 15) is 4.79 Å². The van der Waals surface area contributed by atoms with Gasteiger partial charge in [0.25, 0.3) is 0 Å². The van der Waals surface area contributed by atoms with Crippen molar-refractivity contribution in [2.45, 2.75) is 12.8 Å². The third kappa shape index (κ3) is 3.84. The van der Waals surface area contributed by atoms with Gasteiger partial charge in [-0.1, -0.05) is 45.7 Å². The minimum atomic E-state index is 0.123. The number of benzene rings is 2. The van der Waals surface area contributed by atoms with Gasteiger partial charge in [0.05, 0.1) is 7.11 Å². The van der Waals surface area contributed by atoms with E-state index < -0.39 is 0 Å². The van der Waals surface area contributed by atoms with Crippen molar-refractivity contribution in [1.29, 1.82) is 0 Å². The van der Waals surface area contributed by atoms with E-state index in [0.717, 1.165) is 15.6 Å². The van der Waals surface area contributed by atoms with Crippen molar-refractivity contribution in [3.05, 3.63) is 63.1 Å². The first-order valence-corrected chi connectivity index (χ1v) is 7.35.